The molecule has 0 spiro atoms. The van der Waals surface area contributed by atoms with E-state index in [1.165, 1.54) is 32.9 Å². The molecule has 0 bridgehead atoms. The van der Waals surface area contributed by atoms with Crippen molar-refractivity contribution >= 4 is 17.9 Å². The van der Waals surface area contributed by atoms with E-state index in [4.69, 9.17) is 94.7 Å². The van der Waals surface area contributed by atoms with E-state index >= 15 is 9.59 Å². The van der Waals surface area contributed by atoms with Gasteiger partial charge in [-0.05, 0) is 158 Å². The number of hydrogen-bond donors (Lipinski definition) is 25. The van der Waals surface area contributed by atoms with Gasteiger partial charge in [0.05, 0.1) is 87.1 Å². The number of esters is 3. The first-order chi connectivity index (χ1) is 69.9. The van der Waals surface area contributed by atoms with Crippen molar-refractivity contribution in [3.05, 3.63) is 48.6 Å². The summed E-state index contributed by atoms with van der Waals surface area (Å²) < 4.78 is 123. The summed E-state index contributed by atoms with van der Waals surface area (Å²) in [6.07, 6.45) is -66.7. The summed E-state index contributed by atoms with van der Waals surface area (Å²) in [5, 5.41) is 278. The van der Waals surface area contributed by atoms with Gasteiger partial charge in [-0.15, -0.1) is 13.2 Å². The molecule has 48 heteroatoms. The van der Waals surface area contributed by atoms with Crippen molar-refractivity contribution in [2.45, 2.75) is 461 Å². The van der Waals surface area contributed by atoms with Crippen LogP contribution in [0.2, 0.25) is 0 Å². The zero-order valence-corrected chi connectivity index (χ0v) is 86.4. The molecule has 854 valence electrons. The number of hydrogen-bond acceptors (Lipinski definition) is 48. The van der Waals surface area contributed by atoms with Gasteiger partial charge in [-0.2, -0.15) is 0 Å². The van der Waals surface area contributed by atoms with Crippen molar-refractivity contribution in [1.29, 1.82) is 0 Å². The molecule has 1 unspecified atom stereocenters. The summed E-state index contributed by atoms with van der Waals surface area (Å²) in [5.41, 5.74) is -6.91. The van der Waals surface area contributed by atoms with Crippen molar-refractivity contribution in [1.82, 2.24) is 0 Å². The second kappa shape index (κ2) is 47.7. The minimum Gasteiger partial charge on any atom is -0.462 e. The van der Waals surface area contributed by atoms with E-state index in [2.05, 4.69) is 40.0 Å². The van der Waals surface area contributed by atoms with E-state index in [-0.39, 0.29) is 68.8 Å². The fourth-order valence-electron chi connectivity index (χ4n) is 25.5. The van der Waals surface area contributed by atoms with Crippen molar-refractivity contribution in [3.8, 4) is 0 Å². The molecule has 54 atom stereocenters. The van der Waals surface area contributed by atoms with Crippen LogP contribution in [0.1, 0.15) is 180 Å². The summed E-state index contributed by atoms with van der Waals surface area (Å²) in [6, 6.07) is 0. The second-order valence-corrected chi connectivity index (χ2v) is 46.1. The Kier molecular flexibility index (Phi) is 38.4. The lowest BCUT2D eigenvalue weighted by Gasteiger charge is -2.71. The molecule has 0 radical (unpaired) electrons. The molecule has 0 aromatic heterocycles. The number of aliphatic hydroxyl groups is 25. The standard InChI is InChI=1S/C101H162O48/c1-16-96(11,129)26-18-20-42(4)83(127)142-76-43(5)134-89(74(124)69(76)119)149-97(12,17-2)27-19-21-41(3)82(126)140-57-33-101(93(128)148-92-81(67(117)62(112)51(36-104)138-92)147-88-75(125)78(144-86-72(122)65(115)60(110)49(34-102)135-86)77(44(6)133-88)143-85-71(121)63(113)52(37-105)137-85)31-30-99(14)45(46(101)32-94(57,7)8)22-23-55-98(13)28-25-56(95(9,10)54(98)24-29-100(55,99)15)141-91-80(146-87-73(123)66(116)61(111)50(35-103)136-87)68(118)64(114)53(139-91)40-132-90-79(59(109)48(107)39-131-90)145-84-70(120)58(108)47(106)38-130-84/h16-17,20,22,41,43-44,46-81,84-92,102-125,129H,1-2,18-19,21,23-40H2,3-15H3/b42-20+/t41?,43-,44+,46+,47-,48+,49-,50-,51-,52+,53-,54+,55-,56+,57+,58+,59+,60-,61-,62-,63+,64-,65+,66+,67+,68+,69-,70-,71-,72-,73-,74-,75-,76-,77+,78+,79-,80-,81-,84+,85+,86+,87+,88+,89+,90+,91+,92+,96-,97-,98+,99-,100-,101-/m1/s1. The van der Waals surface area contributed by atoms with Crippen molar-refractivity contribution in [2.24, 2.45) is 56.2 Å². The maximum atomic E-state index is 16.9. The number of allylic oxidation sites excluding steroid dienone is 3. The molecule has 0 aromatic rings. The molecule has 4 saturated carbocycles. The molecule has 0 amide bonds. The SMILES string of the molecule is C=C[C@@](C)(O)CC/C=C(\C)C(=O)O[C@H]1[C@H](O)[C@@H](O)[C@H](O[C@](C)(C=C)CCCC(C)C(=O)O[C@H]2C[C@]3(C(=O)O[C@@H]4O[C@H](CO)[C@@H](O)[C@H](O)[C@H]4O[C@@H]4O[C@@H](C)[C@H](O[C@@H]5O[C@@H](CO)[C@H](O)[C@H]5O)[C@@H](O[C@@H]5O[C@H](CO)[C@@H](O)[C@H](O)[C@H]5O)[C@H]4O)CC[C@]4(C)C(=CC[C@@H]5[C@@]6(C)CC[C@H](O[C@@H]7O[C@H](CO[C@@H]8OC[C@H](O)[C@H](O)[C@H]8O[C@@H]8OC[C@@H](O)[C@H](O)[C@H]8O)[C@@H](O)[C@H](O)[C@H]7O[C@@H]7O[C@H](CO)[C@@H](O)[C@H](O)[C@H]7O)C(C)(C)[C@@H]6CC[C@]54C)[C@@H]3CC2(C)C)O[C@@H]1C. The van der Waals surface area contributed by atoms with Crippen LogP contribution in [-0.2, 0) is 109 Å². The number of ether oxygens (including phenoxy) is 20. The van der Waals surface area contributed by atoms with Crippen LogP contribution in [0.3, 0.4) is 0 Å². The molecule has 14 rings (SSSR count). The molecule has 25 N–H and O–H groups in total. The van der Waals surface area contributed by atoms with Gasteiger partial charge in [-0.1, -0.05) is 85.3 Å². The number of aliphatic hydroxyl groups excluding tert-OH is 24. The van der Waals surface area contributed by atoms with Gasteiger partial charge in [0.2, 0.25) is 6.29 Å². The highest BCUT2D eigenvalue weighted by molar-refractivity contribution is 5.88. The fraction of sp³-hybridized carbons (Fsp3) is 0.891. The van der Waals surface area contributed by atoms with Crippen LogP contribution in [-0.4, -0.2) is 473 Å². The van der Waals surface area contributed by atoms with Gasteiger partial charge in [0.1, 0.15) is 183 Å². The smallest absolute Gasteiger partial charge is 0.333 e. The van der Waals surface area contributed by atoms with Crippen LogP contribution < -0.4 is 0 Å². The van der Waals surface area contributed by atoms with Crippen LogP contribution >= 0.6 is 0 Å². The molecule has 13 fully saturated rings. The fourth-order valence-corrected chi connectivity index (χ4v) is 25.5. The highest BCUT2D eigenvalue weighted by atomic mass is 16.8. The third-order valence-corrected chi connectivity index (χ3v) is 35.5. The van der Waals surface area contributed by atoms with Gasteiger partial charge >= 0.3 is 17.9 Å². The van der Waals surface area contributed by atoms with E-state index in [1.54, 1.807) is 26.8 Å². The average Bonchev–Trinajstić information content (AvgIpc) is 1.11. The van der Waals surface area contributed by atoms with Gasteiger partial charge < -0.3 is 222 Å². The maximum Gasteiger partial charge on any atom is 0.333 e. The Bertz CT molecular complexity index is 4510. The third-order valence-electron chi connectivity index (χ3n) is 35.5. The Hall–Kier alpha value is -4.31. The number of carbonyl (C=O) groups excluding carboxylic acids is 3. The lowest BCUT2D eigenvalue weighted by atomic mass is 9.33. The van der Waals surface area contributed by atoms with E-state index in [0.717, 1.165) is 5.57 Å². The van der Waals surface area contributed by atoms with Crippen LogP contribution in [0.25, 0.3) is 0 Å². The Labute approximate surface area is 863 Å². The van der Waals surface area contributed by atoms with Gasteiger partial charge in [-0.25, -0.2) is 4.79 Å². The van der Waals surface area contributed by atoms with E-state index < -0.39 is 390 Å². The Balaban J connectivity index is 0.740. The summed E-state index contributed by atoms with van der Waals surface area (Å²) in [5.74, 6) is -4.40. The molecule has 48 nitrogen and oxygen atoms in total. The summed E-state index contributed by atoms with van der Waals surface area (Å²) in [7, 11) is 0. The topological polar surface area (TPSA) is 742 Å². The van der Waals surface area contributed by atoms with E-state index in [1.807, 2.05) is 27.7 Å². The summed E-state index contributed by atoms with van der Waals surface area (Å²) in [6.45, 7) is 26.2. The van der Waals surface area contributed by atoms with Crippen molar-refractivity contribution in [3.63, 3.8) is 0 Å². The zero-order valence-electron chi connectivity index (χ0n) is 86.4. The summed E-state index contributed by atoms with van der Waals surface area (Å²) >= 11 is 0. The van der Waals surface area contributed by atoms with Gasteiger partial charge in [0, 0.05) is 17.4 Å². The molecule has 5 aliphatic carbocycles. The van der Waals surface area contributed by atoms with Gasteiger partial charge in [0.25, 0.3) is 0 Å². The highest BCUT2D eigenvalue weighted by Gasteiger charge is 2.73. The molecule has 0 aromatic carbocycles. The molecule has 14 aliphatic rings. The van der Waals surface area contributed by atoms with Crippen molar-refractivity contribution in [2.75, 3.05) is 46.2 Å². The quantitative estimate of drug-likeness (QED) is 0.00915. The number of carbonyl (C=O) groups is 3. The Morgan fingerprint density at radius 1 is 0.463 bits per heavy atom. The normalized spacial score (nSPS) is 49.0. The molecule has 149 heavy (non-hydrogen) atoms. The predicted molar refractivity (Wildman–Crippen MR) is 502 cm³/mol. The molecule has 9 aliphatic heterocycles. The second-order valence-electron chi connectivity index (χ2n) is 46.1. The number of fused-ring (bicyclic) bond motifs is 7. The van der Waals surface area contributed by atoms with Gasteiger partial charge in [-0.3, -0.25) is 9.59 Å². The molecular weight excluding hydrogens is 1980 g/mol. The first-order valence-electron chi connectivity index (χ1n) is 52.0. The maximum absolute atomic E-state index is 16.9. The first-order valence-corrected chi connectivity index (χ1v) is 52.0. The minimum atomic E-state index is -2.25. The van der Waals surface area contributed by atoms with Gasteiger partial charge in [0.15, 0.2) is 62.5 Å². The highest BCUT2D eigenvalue weighted by Crippen LogP contribution is 2.77. The third kappa shape index (κ3) is 23.7. The number of rotatable bonds is 36. The van der Waals surface area contributed by atoms with Crippen LogP contribution in [0, 0.1) is 56.2 Å². The minimum absolute atomic E-state index is 0.0148. The largest absolute Gasteiger partial charge is 0.462 e. The summed E-state index contributed by atoms with van der Waals surface area (Å²) in [4.78, 5) is 45.3. The van der Waals surface area contributed by atoms with E-state index in [9.17, 15) is 132 Å². The van der Waals surface area contributed by atoms with Crippen molar-refractivity contribution < 1.29 is 237 Å². The Morgan fingerprint density at radius 2 is 0.940 bits per heavy atom. The zero-order chi connectivity index (χ0) is 109. The lowest BCUT2D eigenvalue weighted by molar-refractivity contribution is -0.390. The molecule has 9 heterocycles. The van der Waals surface area contributed by atoms with E-state index in [0.29, 0.717) is 38.5 Å². The average molecular weight is 2140 g/mol. The molecule has 9 saturated heterocycles. The van der Waals surface area contributed by atoms with Crippen LogP contribution in [0.5, 0.6) is 0 Å². The lowest BCUT2D eigenvalue weighted by Crippen LogP contribution is -2.68. The molecular formula is C101H162O48. The Morgan fingerprint density at radius 3 is 1.52 bits per heavy atom. The van der Waals surface area contributed by atoms with Crippen LogP contribution in [0.15, 0.2) is 48.6 Å². The predicted octanol–water partition coefficient (Wildman–Crippen LogP) is -5.46. The monoisotopic (exact) mass is 2140 g/mol. The first kappa shape index (κ1) is 120. The van der Waals surface area contributed by atoms with Crippen LogP contribution in [0.4, 0.5) is 0 Å².